The molecule has 1 aliphatic rings. The fraction of sp³-hybridized carbons (Fsp3) is 0.222. The first-order valence-corrected chi connectivity index (χ1v) is 9.70. The van der Waals surface area contributed by atoms with E-state index in [2.05, 4.69) is 4.98 Å². The molecule has 0 radical (unpaired) electrons. The third-order valence-electron chi connectivity index (χ3n) is 4.12. The van der Waals surface area contributed by atoms with Gasteiger partial charge >= 0.3 is 0 Å². The average molecular weight is 357 g/mol. The molecule has 1 aromatic carbocycles. The first kappa shape index (κ1) is 17.2. The summed E-state index contributed by atoms with van der Waals surface area (Å²) in [5, 5.41) is 0. The van der Waals surface area contributed by atoms with Crippen molar-refractivity contribution in [2.24, 2.45) is 0 Å². The van der Waals surface area contributed by atoms with Crippen molar-refractivity contribution >= 4 is 27.4 Å². The molecule has 6 nitrogen and oxygen atoms in total. The van der Waals surface area contributed by atoms with E-state index >= 15 is 0 Å². The summed E-state index contributed by atoms with van der Waals surface area (Å²) in [6, 6.07) is 11.1. The van der Waals surface area contributed by atoms with Gasteiger partial charge in [0.25, 0.3) is 5.91 Å². The largest absolute Gasteiger partial charge is 0.309 e. The topological polar surface area (TPSA) is 70.6 Å². The van der Waals surface area contributed by atoms with E-state index in [4.69, 9.17) is 0 Å². The maximum atomic E-state index is 12.0. The van der Waals surface area contributed by atoms with Crippen LogP contribution in [0, 0.1) is 0 Å². The molecule has 1 aliphatic heterocycles. The molecule has 1 aromatic heterocycles. The molecule has 0 atom stereocenters. The number of carbonyl (C=O) groups excluding carboxylic acids is 1. The summed E-state index contributed by atoms with van der Waals surface area (Å²) in [4.78, 5) is 17.9. The van der Waals surface area contributed by atoms with Gasteiger partial charge in [-0.05, 0) is 42.3 Å². The minimum Gasteiger partial charge on any atom is -0.309 e. The lowest BCUT2D eigenvalue weighted by Crippen LogP contribution is -2.32. The van der Waals surface area contributed by atoms with Gasteiger partial charge in [0.1, 0.15) is 5.82 Å². The van der Waals surface area contributed by atoms with Crippen molar-refractivity contribution in [3.05, 3.63) is 54.7 Å². The standard InChI is InChI=1S/C18H19N3O3S/c1-20(25(2,23)24)18-16(6-5-12-19-18)14-8-10-15(11-9-14)21-13-4-3-7-17(21)22/h3,5-12H,4,13H2,1-2H3. The Kier molecular flexibility index (Phi) is 4.59. The highest BCUT2D eigenvalue weighted by Crippen LogP contribution is 2.31. The fourth-order valence-corrected chi connectivity index (χ4v) is 3.16. The van der Waals surface area contributed by atoms with E-state index in [9.17, 15) is 13.2 Å². The molecule has 0 bridgehead atoms. The van der Waals surface area contributed by atoms with E-state index in [0.717, 1.165) is 28.2 Å². The number of rotatable bonds is 4. The maximum Gasteiger partial charge on any atom is 0.250 e. The molecule has 2 aromatic rings. The molecule has 130 valence electrons. The number of sulfonamides is 1. The molecule has 25 heavy (non-hydrogen) atoms. The number of nitrogens with zero attached hydrogens (tertiary/aromatic N) is 3. The van der Waals surface area contributed by atoms with Crippen molar-refractivity contribution in [1.82, 2.24) is 4.98 Å². The van der Waals surface area contributed by atoms with Gasteiger partial charge in [0.2, 0.25) is 10.0 Å². The van der Waals surface area contributed by atoms with Crippen LogP contribution in [0.1, 0.15) is 6.42 Å². The summed E-state index contributed by atoms with van der Waals surface area (Å²) in [6.45, 7) is 0.656. The highest BCUT2D eigenvalue weighted by Gasteiger charge is 2.19. The molecule has 0 saturated heterocycles. The van der Waals surface area contributed by atoms with Crippen LogP contribution < -0.4 is 9.21 Å². The Balaban J connectivity index is 1.96. The van der Waals surface area contributed by atoms with E-state index in [0.29, 0.717) is 17.9 Å². The van der Waals surface area contributed by atoms with Crippen LogP contribution in [0.3, 0.4) is 0 Å². The van der Waals surface area contributed by atoms with Gasteiger partial charge in [0.05, 0.1) is 6.26 Å². The molecule has 3 rings (SSSR count). The van der Waals surface area contributed by atoms with Crippen molar-refractivity contribution in [3.8, 4) is 11.1 Å². The molecule has 1 amide bonds. The summed E-state index contributed by atoms with van der Waals surface area (Å²) in [5.74, 6) is 0.340. The molecule has 0 aliphatic carbocycles. The lowest BCUT2D eigenvalue weighted by Gasteiger charge is -2.24. The Morgan fingerprint density at radius 3 is 2.52 bits per heavy atom. The van der Waals surface area contributed by atoms with Crippen LogP contribution in [0.4, 0.5) is 11.5 Å². The number of hydrogen-bond donors (Lipinski definition) is 0. The Bertz CT molecular complexity index is 921. The number of hydrogen-bond acceptors (Lipinski definition) is 4. The number of aromatic nitrogens is 1. The highest BCUT2D eigenvalue weighted by atomic mass is 32.2. The van der Waals surface area contributed by atoms with Crippen LogP contribution in [0.15, 0.2) is 54.7 Å². The first-order chi connectivity index (χ1) is 11.9. The Labute approximate surface area is 147 Å². The van der Waals surface area contributed by atoms with Gasteiger partial charge in [-0.3, -0.25) is 9.10 Å². The quantitative estimate of drug-likeness (QED) is 0.843. The molecule has 0 unspecified atom stereocenters. The van der Waals surface area contributed by atoms with Crippen molar-refractivity contribution in [2.75, 3.05) is 29.1 Å². The summed E-state index contributed by atoms with van der Waals surface area (Å²) in [7, 11) is -1.93. The number of carbonyl (C=O) groups is 1. The fourth-order valence-electron chi connectivity index (χ4n) is 2.70. The van der Waals surface area contributed by atoms with Gasteiger partial charge in [0, 0.05) is 31.0 Å². The summed E-state index contributed by atoms with van der Waals surface area (Å²) < 4.78 is 24.9. The molecule has 7 heteroatoms. The van der Waals surface area contributed by atoms with E-state index < -0.39 is 10.0 Å². The minimum absolute atomic E-state index is 0.0297. The van der Waals surface area contributed by atoms with Crippen LogP contribution in [0.25, 0.3) is 11.1 Å². The lowest BCUT2D eigenvalue weighted by molar-refractivity contribution is -0.114. The zero-order chi connectivity index (χ0) is 18.0. The van der Waals surface area contributed by atoms with Gasteiger partial charge in [-0.25, -0.2) is 13.4 Å². The normalized spacial score (nSPS) is 14.6. The summed E-state index contributed by atoms with van der Waals surface area (Å²) in [5.41, 5.74) is 2.37. The van der Waals surface area contributed by atoms with E-state index in [-0.39, 0.29) is 5.91 Å². The van der Waals surface area contributed by atoms with Gasteiger partial charge in [-0.15, -0.1) is 0 Å². The van der Waals surface area contributed by atoms with Crippen molar-refractivity contribution < 1.29 is 13.2 Å². The van der Waals surface area contributed by atoms with Crippen LogP contribution in [0.5, 0.6) is 0 Å². The van der Waals surface area contributed by atoms with Crippen molar-refractivity contribution in [1.29, 1.82) is 0 Å². The monoisotopic (exact) mass is 357 g/mol. The molecule has 0 spiro atoms. The third kappa shape index (κ3) is 3.56. The molecule has 0 saturated carbocycles. The zero-order valence-electron chi connectivity index (χ0n) is 14.1. The van der Waals surface area contributed by atoms with Crippen molar-refractivity contribution in [2.45, 2.75) is 6.42 Å². The average Bonchev–Trinajstić information content (AvgIpc) is 2.61. The van der Waals surface area contributed by atoms with Crippen LogP contribution in [0.2, 0.25) is 0 Å². The zero-order valence-corrected chi connectivity index (χ0v) is 14.9. The number of anilines is 2. The number of pyridine rings is 1. The van der Waals surface area contributed by atoms with Gasteiger partial charge in [-0.2, -0.15) is 0 Å². The van der Waals surface area contributed by atoms with E-state index in [1.54, 1.807) is 23.2 Å². The van der Waals surface area contributed by atoms with Crippen molar-refractivity contribution in [3.63, 3.8) is 0 Å². The predicted molar refractivity (Wildman–Crippen MR) is 99.0 cm³/mol. The van der Waals surface area contributed by atoms with E-state index in [1.165, 1.54) is 7.05 Å². The second-order valence-electron chi connectivity index (χ2n) is 5.83. The predicted octanol–water partition coefficient (Wildman–Crippen LogP) is 2.44. The van der Waals surface area contributed by atoms with Gasteiger partial charge < -0.3 is 4.90 Å². The third-order valence-corrected chi connectivity index (χ3v) is 5.29. The summed E-state index contributed by atoms with van der Waals surface area (Å²) in [6.07, 6.45) is 6.99. The highest BCUT2D eigenvalue weighted by molar-refractivity contribution is 7.92. The van der Waals surface area contributed by atoms with Gasteiger partial charge in [0.15, 0.2) is 0 Å². The minimum atomic E-state index is -3.41. The molecule has 0 N–H and O–H groups in total. The lowest BCUT2D eigenvalue weighted by atomic mass is 10.1. The molecular weight excluding hydrogens is 338 g/mol. The number of benzene rings is 1. The molecule has 0 fully saturated rings. The molecular formula is C18H19N3O3S. The van der Waals surface area contributed by atoms with Crippen LogP contribution in [-0.4, -0.2) is 39.2 Å². The van der Waals surface area contributed by atoms with Gasteiger partial charge in [-0.1, -0.05) is 18.2 Å². The smallest absolute Gasteiger partial charge is 0.250 e. The van der Waals surface area contributed by atoms with E-state index in [1.807, 2.05) is 36.4 Å². The Morgan fingerprint density at radius 2 is 1.88 bits per heavy atom. The Morgan fingerprint density at radius 1 is 1.16 bits per heavy atom. The second-order valence-corrected chi connectivity index (χ2v) is 7.85. The summed E-state index contributed by atoms with van der Waals surface area (Å²) >= 11 is 0. The maximum absolute atomic E-state index is 12.0. The van der Waals surface area contributed by atoms with Crippen LogP contribution in [-0.2, 0) is 14.8 Å². The molecule has 2 heterocycles. The number of amides is 1. The first-order valence-electron chi connectivity index (χ1n) is 7.85. The SMILES string of the molecule is CN(c1ncccc1-c1ccc(N2CCC=CC2=O)cc1)S(C)(=O)=O. The second kappa shape index (κ2) is 6.68. The van der Waals surface area contributed by atoms with Crippen LogP contribution >= 0.6 is 0 Å². The Hall–Kier alpha value is -2.67.